The molecule has 0 unspecified atom stereocenters. The highest BCUT2D eigenvalue weighted by molar-refractivity contribution is 5.90. The Morgan fingerprint density at radius 3 is 2.52 bits per heavy atom. The van der Waals surface area contributed by atoms with E-state index in [1.807, 2.05) is 6.07 Å². The Labute approximate surface area is 178 Å². The van der Waals surface area contributed by atoms with E-state index in [4.69, 9.17) is 19.7 Å². The van der Waals surface area contributed by atoms with Gasteiger partial charge >= 0.3 is 11.9 Å². The van der Waals surface area contributed by atoms with Gasteiger partial charge < -0.3 is 29.7 Å². The highest BCUT2D eigenvalue weighted by Gasteiger charge is 2.72. The number of rotatable bonds is 3. The Kier molecular flexibility index (Phi) is 5.06. The summed E-state index contributed by atoms with van der Waals surface area (Å²) in [5.41, 5.74) is 0.737. The first-order chi connectivity index (χ1) is 14.7. The summed E-state index contributed by atoms with van der Waals surface area (Å²) in [7, 11) is 3.70. The molecular formula is C22H25NO8. The van der Waals surface area contributed by atoms with Gasteiger partial charge in [-0.25, -0.2) is 9.59 Å². The number of piperidine rings is 1. The molecule has 0 amide bonds. The standard InChI is InChI=1S/C18H21NO4.C4H4O4/c1-19-8-7-17-14-10-3-4-12(22-2)15(14)23-16(17)11(20)5-6-18(17,21)13(19)9-10;5-3(6)1-2-4(7)8/h3-4,13,16,21H,5-9H2,1-2H3;1-2H,(H,5,6)(H,7,8)/b;2-1+/t13-,16+,17+,18-;/m1./s1. The highest BCUT2D eigenvalue weighted by atomic mass is 16.5. The van der Waals surface area contributed by atoms with Gasteiger partial charge in [-0.3, -0.25) is 4.79 Å². The molecule has 0 aromatic heterocycles. The van der Waals surface area contributed by atoms with E-state index < -0.39 is 29.1 Å². The van der Waals surface area contributed by atoms with Crippen LogP contribution in [0.3, 0.4) is 0 Å². The number of Topliss-reactive ketones (excluding diaryl/α,β-unsaturated/α-hetero) is 1. The van der Waals surface area contributed by atoms with Gasteiger partial charge in [0.2, 0.25) is 0 Å². The number of nitrogens with zero attached hydrogens (tertiary/aromatic N) is 1. The zero-order chi connectivity index (χ0) is 22.6. The Morgan fingerprint density at radius 2 is 1.90 bits per heavy atom. The summed E-state index contributed by atoms with van der Waals surface area (Å²) < 4.78 is 11.6. The minimum atomic E-state index is -1.26. The van der Waals surface area contributed by atoms with Gasteiger partial charge in [0.15, 0.2) is 23.4 Å². The average molecular weight is 431 g/mol. The third-order valence-electron chi connectivity index (χ3n) is 7.10. The predicted octanol–water partition coefficient (Wildman–Crippen LogP) is 0.760. The van der Waals surface area contributed by atoms with Gasteiger partial charge in [0, 0.05) is 30.2 Å². The lowest BCUT2D eigenvalue weighted by atomic mass is 9.49. The molecule has 1 aromatic rings. The van der Waals surface area contributed by atoms with E-state index in [0.29, 0.717) is 36.5 Å². The van der Waals surface area contributed by atoms with Crippen LogP contribution >= 0.6 is 0 Å². The summed E-state index contributed by atoms with van der Waals surface area (Å²) in [6, 6.07) is 4.05. The van der Waals surface area contributed by atoms with E-state index in [0.717, 1.165) is 24.9 Å². The maximum Gasteiger partial charge on any atom is 0.328 e. The number of carboxylic acids is 2. The van der Waals surface area contributed by atoms with Crippen molar-refractivity contribution in [3.05, 3.63) is 35.4 Å². The quantitative estimate of drug-likeness (QED) is 0.593. The maximum absolute atomic E-state index is 12.7. The van der Waals surface area contributed by atoms with Gasteiger partial charge in [0.05, 0.1) is 18.1 Å². The molecule has 2 bridgehead atoms. The molecule has 1 saturated heterocycles. The van der Waals surface area contributed by atoms with Crippen molar-refractivity contribution in [2.45, 2.75) is 48.8 Å². The Balaban J connectivity index is 0.000000250. The van der Waals surface area contributed by atoms with E-state index in [-0.39, 0.29) is 11.8 Å². The van der Waals surface area contributed by atoms with Crippen LogP contribution in [0.15, 0.2) is 24.3 Å². The molecule has 1 spiro atoms. The summed E-state index contributed by atoms with van der Waals surface area (Å²) >= 11 is 0. The summed E-state index contributed by atoms with van der Waals surface area (Å²) in [5, 5.41) is 27.4. The monoisotopic (exact) mass is 431 g/mol. The third-order valence-corrected chi connectivity index (χ3v) is 7.10. The molecule has 4 aliphatic rings. The number of ketones is 1. The van der Waals surface area contributed by atoms with Crippen molar-refractivity contribution in [1.29, 1.82) is 0 Å². The molecule has 9 nitrogen and oxygen atoms in total. The van der Waals surface area contributed by atoms with Crippen LogP contribution in [0.5, 0.6) is 11.5 Å². The topological polar surface area (TPSA) is 134 Å². The Morgan fingerprint density at radius 1 is 1.23 bits per heavy atom. The number of carbonyl (C=O) groups excluding carboxylic acids is 1. The molecule has 2 aliphatic carbocycles. The maximum atomic E-state index is 12.7. The van der Waals surface area contributed by atoms with E-state index in [1.54, 1.807) is 7.11 Å². The zero-order valence-corrected chi connectivity index (χ0v) is 17.3. The van der Waals surface area contributed by atoms with Crippen LogP contribution in [0.25, 0.3) is 0 Å². The molecular weight excluding hydrogens is 406 g/mol. The van der Waals surface area contributed by atoms with Crippen molar-refractivity contribution in [2.24, 2.45) is 0 Å². The van der Waals surface area contributed by atoms with Crippen LogP contribution in [-0.2, 0) is 26.2 Å². The van der Waals surface area contributed by atoms with Gasteiger partial charge in [-0.05, 0) is 44.5 Å². The Hall–Kier alpha value is -2.91. The first-order valence-corrected chi connectivity index (χ1v) is 10.1. The molecule has 1 aromatic carbocycles. The van der Waals surface area contributed by atoms with Crippen molar-refractivity contribution < 1.29 is 39.2 Å². The van der Waals surface area contributed by atoms with E-state index >= 15 is 0 Å². The van der Waals surface area contributed by atoms with Crippen molar-refractivity contribution >= 4 is 17.7 Å². The van der Waals surface area contributed by atoms with Crippen LogP contribution in [0.1, 0.15) is 30.4 Å². The second-order valence-electron chi connectivity index (χ2n) is 8.45. The lowest BCUT2D eigenvalue weighted by molar-refractivity contribution is -0.185. The van der Waals surface area contributed by atoms with Gasteiger partial charge in [0.1, 0.15) is 0 Å². The highest BCUT2D eigenvalue weighted by Crippen LogP contribution is 2.64. The van der Waals surface area contributed by atoms with Crippen molar-refractivity contribution in [3.63, 3.8) is 0 Å². The molecule has 2 heterocycles. The molecule has 0 radical (unpaired) electrons. The number of carbonyl (C=O) groups is 3. The number of benzene rings is 1. The fourth-order valence-electron chi connectivity index (χ4n) is 5.83. The smallest absolute Gasteiger partial charge is 0.328 e. The first-order valence-electron chi connectivity index (χ1n) is 10.1. The lowest BCUT2D eigenvalue weighted by Gasteiger charge is -2.62. The van der Waals surface area contributed by atoms with Gasteiger partial charge in [0.25, 0.3) is 0 Å². The normalized spacial score (nSPS) is 32.5. The van der Waals surface area contributed by atoms with Crippen molar-refractivity contribution in [2.75, 3.05) is 20.7 Å². The second-order valence-corrected chi connectivity index (χ2v) is 8.45. The van der Waals surface area contributed by atoms with Gasteiger partial charge in [-0.15, -0.1) is 0 Å². The molecule has 1 saturated carbocycles. The van der Waals surface area contributed by atoms with Gasteiger partial charge in [-0.1, -0.05) is 6.07 Å². The number of hydrogen-bond donors (Lipinski definition) is 3. The van der Waals surface area contributed by atoms with E-state index in [1.165, 1.54) is 5.56 Å². The summed E-state index contributed by atoms with van der Waals surface area (Å²) in [6.45, 7) is 0.871. The summed E-state index contributed by atoms with van der Waals surface area (Å²) in [5.74, 6) is -1.05. The zero-order valence-electron chi connectivity index (χ0n) is 17.3. The molecule has 2 aliphatic heterocycles. The van der Waals surface area contributed by atoms with Gasteiger partial charge in [-0.2, -0.15) is 0 Å². The Bertz CT molecular complexity index is 972. The average Bonchev–Trinajstić information content (AvgIpc) is 3.08. The number of aliphatic carboxylic acids is 2. The number of aliphatic hydroxyl groups is 1. The van der Waals surface area contributed by atoms with Crippen molar-refractivity contribution in [3.8, 4) is 11.5 Å². The minimum Gasteiger partial charge on any atom is -0.493 e. The lowest BCUT2D eigenvalue weighted by Crippen LogP contribution is -2.76. The summed E-state index contributed by atoms with van der Waals surface area (Å²) in [6.07, 6.45) is 3.01. The molecule has 5 rings (SSSR count). The number of hydrogen-bond acceptors (Lipinski definition) is 7. The second kappa shape index (κ2) is 7.35. The number of likely N-dealkylation sites (tertiary alicyclic amines) is 1. The van der Waals surface area contributed by atoms with E-state index in [2.05, 4.69) is 18.0 Å². The number of carboxylic acid groups (broad SMARTS) is 2. The van der Waals surface area contributed by atoms with Crippen molar-refractivity contribution in [1.82, 2.24) is 4.90 Å². The molecule has 4 atom stereocenters. The number of methoxy groups -OCH3 is 1. The predicted molar refractivity (Wildman–Crippen MR) is 107 cm³/mol. The minimum absolute atomic E-state index is 0.0438. The summed E-state index contributed by atoms with van der Waals surface area (Å²) in [4.78, 5) is 34.0. The van der Waals surface area contributed by atoms with Crippen LogP contribution < -0.4 is 9.47 Å². The molecule has 166 valence electrons. The molecule has 2 fully saturated rings. The molecule has 3 N–H and O–H groups in total. The largest absolute Gasteiger partial charge is 0.493 e. The fraction of sp³-hybridized carbons (Fsp3) is 0.500. The third kappa shape index (κ3) is 2.95. The first kappa shape index (κ1) is 21.3. The molecule has 31 heavy (non-hydrogen) atoms. The van der Waals surface area contributed by atoms with Crippen LogP contribution in [0.2, 0.25) is 0 Å². The van der Waals surface area contributed by atoms with Crippen LogP contribution in [0, 0.1) is 0 Å². The SMILES string of the molecule is COc1ccc2c3c1O[C@H]1C(=O)CC[C@@]4(O)[C@@H](C2)N(C)CC[C@]314.O=C(O)/C=C/C(=O)O. The van der Waals surface area contributed by atoms with E-state index in [9.17, 15) is 19.5 Å². The van der Waals surface area contributed by atoms with Crippen LogP contribution in [0.4, 0.5) is 0 Å². The molecule has 9 heteroatoms. The fourth-order valence-corrected chi connectivity index (χ4v) is 5.83. The number of likely N-dealkylation sites (N-methyl/N-ethyl adjacent to an activating group) is 1. The van der Waals surface area contributed by atoms with Crippen LogP contribution in [-0.4, -0.2) is 76.4 Å². The number of ether oxygens (including phenoxy) is 2.